The second-order valence-electron chi connectivity index (χ2n) is 19.0. The van der Waals surface area contributed by atoms with Gasteiger partial charge in [0.25, 0.3) is 0 Å². The van der Waals surface area contributed by atoms with Crippen molar-refractivity contribution in [3.63, 3.8) is 0 Å². The van der Waals surface area contributed by atoms with Gasteiger partial charge in [-0.3, -0.25) is 4.79 Å². The summed E-state index contributed by atoms with van der Waals surface area (Å²) in [6.45, 7) is 2.55. The predicted octanol–water partition coefficient (Wildman–Crippen LogP) is 8.16. The van der Waals surface area contributed by atoms with Gasteiger partial charge in [0.1, 0.15) is 48.8 Å². The van der Waals surface area contributed by atoms with Crippen molar-refractivity contribution in [3.05, 3.63) is 85.1 Å². The number of carbonyl (C=O) groups excluding carboxylic acids is 1. The Morgan fingerprint density at radius 2 is 0.986 bits per heavy atom. The molecular weight excluding hydrogens is 907 g/mol. The maximum atomic E-state index is 13.2. The van der Waals surface area contributed by atoms with Gasteiger partial charge in [-0.25, -0.2) is 0 Å². The second-order valence-corrected chi connectivity index (χ2v) is 19.0. The average molecular weight is 1000 g/mol. The number of hydrogen-bond donors (Lipinski definition) is 9. The van der Waals surface area contributed by atoms with Gasteiger partial charge in [0.15, 0.2) is 12.6 Å². The zero-order chi connectivity index (χ0) is 51.7. The van der Waals surface area contributed by atoms with Crippen molar-refractivity contribution in [2.24, 2.45) is 0 Å². The van der Waals surface area contributed by atoms with Gasteiger partial charge in [0.2, 0.25) is 5.91 Å². The van der Waals surface area contributed by atoms with Gasteiger partial charge in [-0.2, -0.15) is 0 Å². The first-order valence-corrected chi connectivity index (χ1v) is 27.3. The lowest BCUT2D eigenvalue weighted by Gasteiger charge is -2.46. The van der Waals surface area contributed by atoms with Gasteiger partial charge in [-0.1, -0.05) is 182 Å². The number of allylic oxidation sites excluding steroid dienone is 13. The van der Waals surface area contributed by atoms with Crippen LogP contribution in [0.15, 0.2) is 85.1 Å². The van der Waals surface area contributed by atoms with Gasteiger partial charge in [-0.05, 0) is 70.6 Å². The third kappa shape index (κ3) is 29.0. The minimum absolute atomic E-state index is 0.259. The van der Waals surface area contributed by atoms with Crippen molar-refractivity contribution in [2.75, 3.05) is 19.8 Å². The van der Waals surface area contributed by atoms with Crippen LogP contribution >= 0.6 is 0 Å². The molecule has 14 heteroatoms. The maximum absolute atomic E-state index is 13.2. The summed E-state index contributed by atoms with van der Waals surface area (Å²) in [6, 6.07) is -0.933. The van der Waals surface area contributed by atoms with E-state index in [1.54, 1.807) is 6.08 Å². The van der Waals surface area contributed by atoms with E-state index in [2.05, 4.69) is 92.1 Å². The monoisotopic (exact) mass is 1000 g/mol. The number of nitrogens with one attached hydrogen (secondary N) is 1. The molecule has 0 radical (unpaired) electrons. The number of unbranched alkanes of at least 4 members (excludes halogenated alkanes) is 16. The largest absolute Gasteiger partial charge is 0.394 e. The Hall–Kier alpha value is -2.83. The summed E-state index contributed by atoms with van der Waals surface area (Å²) in [5, 5.41) is 86.5. The van der Waals surface area contributed by atoms with E-state index in [0.29, 0.717) is 12.8 Å². The van der Waals surface area contributed by atoms with E-state index in [9.17, 15) is 45.6 Å². The highest BCUT2D eigenvalue weighted by atomic mass is 16.7. The molecule has 0 saturated carbocycles. The molecule has 0 aliphatic carbocycles. The molecule has 2 saturated heterocycles. The Labute approximate surface area is 427 Å². The summed E-state index contributed by atoms with van der Waals surface area (Å²) in [4.78, 5) is 13.2. The lowest BCUT2D eigenvalue weighted by Crippen LogP contribution is -2.65. The van der Waals surface area contributed by atoms with E-state index in [-0.39, 0.29) is 18.9 Å². The first kappa shape index (κ1) is 64.3. The predicted molar refractivity (Wildman–Crippen MR) is 281 cm³/mol. The van der Waals surface area contributed by atoms with E-state index in [0.717, 1.165) is 83.5 Å². The average Bonchev–Trinajstić information content (AvgIpc) is 3.37. The van der Waals surface area contributed by atoms with Crippen molar-refractivity contribution in [1.82, 2.24) is 5.32 Å². The molecule has 14 nitrogen and oxygen atoms in total. The lowest BCUT2D eigenvalue weighted by molar-refractivity contribution is -0.359. The molecule has 0 aromatic rings. The highest BCUT2D eigenvalue weighted by molar-refractivity contribution is 5.76. The van der Waals surface area contributed by atoms with Gasteiger partial charge in [0.05, 0.1) is 32.0 Å². The van der Waals surface area contributed by atoms with E-state index in [1.807, 2.05) is 6.08 Å². The fourth-order valence-corrected chi connectivity index (χ4v) is 8.38. The van der Waals surface area contributed by atoms with Crippen LogP contribution in [0.1, 0.15) is 174 Å². The normalized spacial score (nSPS) is 26.5. The fraction of sp³-hybridized carbons (Fsp3) is 0.737. The molecule has 0 bridgehead atoms. The van der Waals surface area contributed by atoms with Gasteiger partial charge in [0, 0.05) is 6.42 Å². The highest BCUT2D eigenvalue weighted by Crippen LogP contribution is 2.30. The molecule has 0 aromatic carbocycles. The quantitative estimate of drug-likeness (QED) is 0.0208. The smallest absolute Gasteiger partial charge is 0.220 e. The Kier molecular flexibility index (Phi) is 38.5. The van der Waals surface area contributed by atoms with E-state index in [4.69, 9.17) is 18.9 Å². The molecule has 0 aromatic heterocycles. The molecule has 12 atom stereocenters. The van der Waals surface area contributed by atoms with Crippen molar-refractivity contribution in [2.45, 2.75) is 248 Å². The zero-order valence-corrected chi connectivity index (χ0v) is 43.4. The number of amides is 1. The standard InChI is InChI=1S/C57H97NO13/c1-3-5-7-9-11-13-14-15-16-17-18-19-20-21-22-23-24-25-26-27-28-29-30-31-32-33-35-37-39-41-49(62)58-45(46(61)40-38-36-34-12-10-8-6-4-2)44-68-56-54(67)52(65)55(48(43-60)70-56)71-57-53(66)51(64)50(63)47(42-59)69-57/h5,7,10-13,15-16,18-19,21-22,38,40,45-48,50-57,59-61,63-67H,3-4,6,8-9,14,17,20,23-37,39,41-44H2,1-2H3,(H,58,62)/b7-5-,12-10+,13-11-,16-15-,19-18-,22-21-,40-38+. The Morgan fingerprint density at radius 3 is 1.55 bits per heavy atom. The molecule has 2 heterocycles. The molecule has 71 heavy (non-hydrogen) atoms. The zero-order valence-electron chi connectivity index (χ0n) is 43.4. The van der Waals surface area contributed by atoms with Crippen LogP contribution in [0.3, 0.4) is 0 Å². The Balaban J connectivity index is 1.66. The highest BCUT2D eigenvalue weighted by Gasteiger charge is 2.51. The summed E-state index contributed by atoms with van der Waals surface area (Å²) in [5.74, 6) is -0.259. The van der Waals surface area contributed by atoms with Gasteiger partial charge in [-0.15, -0.1) is 0 Å². The number of rotatable bonds is 41. The van der Waals surface area contributed by atoms with Crippen LogP contribution in [0.5, 0.6) is 0 Å². The fourth-order valence-electron chi connectivity index (χ4n) is 8.38. The van der Waals surface area contributed by atoms with Crippen LogP contribution in [0.25, 0.3) is 0 Å². The molecule has 12 unspecified atom stereocenters. The number of carbonyl (C=O) groups is 1. The summed E-state index contributed by atoms with van der Waals surface area (Å²) in [5.41, 5.74) is 0. The molecular formula is C57H97NO13. The molecule has 2 aliphatic heterocycles. The Bertz CT molecular complexity index is 1510. The second kappa shape index (κ2) is 42.5. The molecule has 9 N–H and O–H groups in total. The van der Waals surface area contributed by atoms with Crippen molar-refractivity contribution >= 4 is 5.91 Å². The molecule has 2 rings (SSSR count). The summed E-state index contributed by atoms with van der Waals surface area (Å²) in [7, 11) is 0. The van der Waals surface area contributed by atoms with Crippen LogP contribution in [0.2, 0.25) is 0 Å². The van der Waals surface area contributed by atoms with Crippen LogP contribution < -0.4 is 5.32 Å². The summed E-state index contributed by atoms with van der Waals surface area (Å²) in [6.07, 6.45) is 39.5. The first-order chi connectivity index (χ1) is 34.6. The van der Waals surface area contributed by atoms with E-state index in [1.165, 1.54) is 57.8 Å². The van der Waals surface area contributed by atoms with Crippen LogP contribution in [-0.4, -0.2) is 140 Å². The van der Waals surface area contributed by atoms with Gasteiger partial charge < -0.3 is 65.1 Å². The van der Waals surface area contributed by atoms with Crippen LogP contribution in [-0.2, 0) is 23.7 Å². The Morgan fingerprint density at radius 1 is 0.521 bits per heavy atom. The van der Waals surface area contributed by atoms with Gasteiger partial charge >= 0.3 is 0 Å². The number of aliphatic hydroxyl groups is 8. The SMILES string of the molecule is CC/C=C\C/C=C\C/C=C\C/C=C\C/C=C\CCCCCCCCCCCCCCCC(=O)NC(COC1OC(CO)C(OC2OC(CO)C(O)C(O)C2O)C(O)C1O)C(O)/C=C/CC/C=C/CCCC. The lowest BCUT2D eigenvalue weighted by atomic mass is 9.97. The summed E-state index contributed by atoms with van der Waals surface area (Å²) < 4.78 is 22.6. The molecule has 2 aliphatic rings. The summed E-state index contributed by atoms with van der Waals surface area (Å²) >= 11 is 0. The number of hydrogen-bond acceptors (Lipinski definition) is 13. The van der Waals surface area contributed by atoms with Crippen LogP contribution in [0.4, 0.5) is 0 Å². The van der Waals surface area contributed by atoms with Crippen molar-refractivity contribution in [3.8, 4) is 0 Å². The van der Waals surface area contributed by atoms with Crippen molar-refractivity contribution in [1.29, 1.82) is 0 Å². The van der Waals surface area contributed by atoms with Crippen molar-refractivity contribution < 1.29 is 64.6 Å². The molecule has 2 fully saturated rings. The first-order valence-electron chi connectivity index (χ1n) is 27.3. The third-order valence-electron chi connectivity index (χ3n) is 12.8. The maximum Gasteiger partial charge on any atom is 0.220 e. The minimum Gasteiger partial charge on any atom is -0.394 e. The third-order valence-corrected chi connectivity index (χ3v) is 12.8. The molecule has 408 valence electrons. The van der Waals surface area contributed by atoms with E-state index < -0.39 is 86.8 Å². The number of aliphatic hydroxyl groups excluding tert-OH is 8. The molecule has 0 spiro atoms. The number of ether oxygens (including phenoxy) is 4. The molecule has 1 amide bonds. The van der Waals surface area contributed by atoms with Crippen LogP contribution in [0, 0.1) is 0 Å². The minimum atomic E-state index is -1.79. The van der Waals surface area contributed by atoms with E-state index >= 15 is 0 Å². The topological polar surface area (TPSA) is 228 Å².